The first-order valence-electron chi connectivity index (χ1n) is 3.19. The van der Waals surface area contributed by atoms with Gasteiger partial charge in [0, 0.05) is 10.9 Å². The van der Waals surface area contributed by atoms with Crippen molar-refractivity contribution in [3.05, 3.63) is 35.4 Å². The summed E-state index contributed by atoms with van der Waals surface area (Å²) in [5.74, 6) is 0. The van der Waals surface area contributed by atoms with Crippen molar-refractivity contribution in [2.75, 3.05) is 0 Å². The Morgan fingerprint density at radius 3 is 2.55 bits per heavy atom. The number of halogens is 1. The van der Waals surface area contributed by atoms with Crippen LogP contribution >= 0.6 is 28.1 Å². The summed E-state index contributed by atoms with van der Waals surface area (Å²) in [7, 11) is 0. The topological polar surface area (TPSA) is 26.0 Å². The number of benzene rings is 1. The average molecular weight is 230 g/mol. The Bertz CT molecular complexity index is 273. The normalized spacial score (nSPS) is 9.55. The van der Waals surface area contributed by atoms with Gasteiger partial charge in [-0.25, -0.2) is 0 Å². The van der Waals surface area contributed by atoms with Crippen LogP contribution in [0.3, 0.4) is 0 Å². The molecule has 1 nitrogen and oxygen atoms in total. The Hall–Kier alpha value is -0.410. The maximum atomic E-state index is 5.50. The summed E-state index contributed by atoms with van der Waals surface area (Å²) < 4.78 is 0. The van der Waals surface area contributed by atoms with E-state index < -0.39 is 0 Å². The van der Waals surface area contributed by atoms with Crippen LogP contribution in [0.15, 0.2) is 24.3 Å². The first-order valence-corrected chi connectivity index (χ1v) is 4.72. The summed E-state index contributed by atoms with van der Waals surface area (Å²) in [5, 5.41) is 0.792. The molecule has 0 saturated carbocycles. The highest BCUT2D eigenvalue weighted by Gasteiger charge is 2.00. The lowest BCUT2D eigenvalue weighted by molar-refractivity contribution is 1.41. The van der Waals surface area contributed by atoms with Gasteiger partial charge in [0.2, 0.25) is 0 Å². The molecule has 0 aliphatic heterocycles. The van der Waals surface area contributed by atoms with Crippen LogP contribution in [0.1, 0.15) is 11.1 Å². The Balaban J connectivity index is 3.12. The van der Waals surface area contributed by atoms with Crippen molar-refractivity contribution in [1.82, 2.24) is 0 Å². The summed E-state index contributed by atoms with van der Waals surface area (Å²) in [6.07, 6.45) is 0. The predicted molar refractivity (Wildman–Crippen MR) is 55.0 cm³/mol. The smallest absolute Gasteiger partial charge is 0.104 e. The largest absolute Gasteiger partial charge is 0.389 e. The summed E-state index contributed by atoms with van der Waals surface area (Å²) >= 11 is 8.23. The van der Waals surface area contributed by atoms with E-state index >= 15 is 0 Å². The Kier molecular flexibility index (Phi) is 3.02. The van der Waals surface area contributed by atoms with Crippen LogP contribution in [-0.4, -0.2) is 4.99 Å². The molecule has 0 heterocycles. The molecule has 0 amide bonds. The second-order valence-electron chi connectivity index (χ2n) is 2.16. The second-order valence-corrected chi connectivity index (χ2v) is 3.16. The Labute approximate surface area is 79.7 Å². The van der Waals surface area contributed by atoms with Crippen LogP contribution in [0.2, 0.25) is 0 Å². The van der Waals surface area contributed by atoms with E-state index in [1.54, 1.807) is 0 Å². The minimum atomic E-state index is 0.458. The lowest BCUT2D eigenvalue weighted by Crippen LogP contribution is -2.11. The number of hydrogen-bond donors (Lipinski definition) is 1. The quantitative estimate of drug-likeness (QED) is 0.622. The van der Waals surface area contributed by atoms with Crippen LogP contribution < -0.4 is 5.73 Å². The summed E-state index contributed by atoms with van der Waals surface area (Å²) in [6.45, 7) is 0. The molecule has 0 aliphatic rings. The van der Waals surface area contributed by atoms with Crippen molar-refractivity contribution in [3.63, 3.8) is 0 Å². The van der Waals surface area contributed by atoms with Gasteiger partial charge in [-0.05, 0) is 5.56 Å². The van der Waals surface area contributed by atoms with Crippen molar-refractivity contribution in [3.8, 4) is 0 Å². The van der Waals surface area contributed by atoms with E-state index in [1.165, 1.54) is 0 Å². The zero-order valence-electron chi connectivity index (χ0n) is 5.88. The van der Waals surface area contributed by atoms with Crippen LogP contribution in [0.25, 0.3) is 0 Å². The highest BCUT2D eigenvalue weighted by atomic mass is 79.9. The lowest BCUT2D eigenvalue weighted by Gasteiger charge is -2.02. The third-order valence-electron chi connectivity index (χ3n) is 1.43. The molecule has 0 atom stereocenters. The number of thiocarbonyl (C=S) groups is 1. The third-order valence-corrected chi connectivity index (χ3v) is 2.25. The number of rotatable bonds is 2. The van der Waals surface area contributed by atoms with Crippen LogP contribution in [0, 0.1) is 0 Å². The molecule has 0 unspecified atom stereocenters. The van der Waals surface area contributed by atoms with Gasteiger partial charge in [0.1, 0.15) is 4.99 Å². The van der Waals surface area contributed by atoms with Crippen molar-refractivity contribution >= 4 is 33.1 Å². The maximum absolute atomic E-state index is 5.50. The van der Waals surface area contributed by atoms with Crippen LogP contribution in [0.5, 0.6) is 0 Å². The first-order chi connectivity index (χ1) is 5.25. The summed E-state index contributed by atoms with van der Waals surface area (Å²) in [5.41, 5.74) is 7.60. The van der Waals surface area contributed by atoms with Gasteiger partial charge in [0.05, 0.1) is 0 Å². The third kappa shape index (κ3) is 2.01. The minimum Gasteiger partial charge on any atom is -0.389 e. The highest BCUT2D eigenvalue weighted by molar-refractivity contribution is 9.08. The lowest BCUT2D eigenvalue weighted by atomic mass is 10.1. The molecule has 0 aromatic heterocycles. The number of alkyl halides is 1. The van der Waals surface area contributed by atoms with E-state index in [0.717, 1.165) is 16.5 Å². The average Bonchev–Trinajstić information content (AvgIpc) is 2.04. The molecule has 0 saturated heterocycles. The maximum Gasteiger partial charge on any atom is 0.104 e. The van der Waals surface area contributed by atoms with Crippen molar-refractivity contribution in [2.45, 2.75) is 5.33 Å². The van der Waals surface area contributed by atoms with Gasteiger partial charge in [-0.2, -0.15) is 0 Å². The molecule has 0 bridgehead atoms. The van der Waals surface area contributed by atoms with Gasteiger partial charge >= 0.3 is 0 Å². The molecule has 2 N–H and O–H groups in total. The molecule has 0 spiro atoms. The molecule has 3 heteroatoms. The zero-order valence-corrected chi connectivity index (χ0v) is 8.28. The molecular weight excluding hydrogens is 222 g/mol. The molecule has 11 heavy (non-hydrogen) atoms. The van der Waals surface area contributed by atoms with E-state index in [2.05, 4.69) is 15.9 Å². The minimum absolute atomic E-state index is 0.458. The van der Waals surface area contributed by atoms with Crippen molar-refractivity contribution in [1.29, 1.82) is 0 Å². The van der Waals surface area contributed by atoms with E-state index in [1.807, 2.05) is 24.3 Å². The fourth-order valence-corrected chi connectivity index (χ4v) is 1.57. The molecule has 0 fully saturated rings. The standard InChI is InChI=1S/C8H8BrNS/c9-5-6-3-1-2-4-7(6)8(10)11/h1-4H,5H2,(H2,10,11). The molecule has 1 rings (SSSR count). The predicted octanol–water partition coefficient (Wildman–Crippen LogP) is 2.22. The molecule has 0 radical (unpaired) electrons. The number of hydrogen-bond acceptors (Lipinski definition) is 1. The monoisotopic (exact) mass is 229 g/mol. The fourth-order valence-electron chi connectivity index (χ4n) is 0.877. The molecule has 58 valence electrons. The van der Waals surface area contributed by atoms with E-state index in [4.69, 9.17) is 18.0 Å². The van der Waals surface area contributed by atoms with Gasteiger partial charge in [-0.3, -0.25) is 0 Å². The molecule has 1 aromatic carbocycles. The summed E-state index contributed by atoms with van der Waals surface area (Å²) in [4.78, 5) is 0.458. The van der Waals surface area contributed by atoms with Gasteiger partial charge in [-0.15, -0.1) is 0 Å². The summed E-state index contributed by atoms with van der Waals surface area (Å²) in [6, 6.07) is 7.83. The van der Waals surface area contributed by atoms with Gasteiger partial charge < -0.3 is 5.73 Å². The Morgan fingerprint density at radius 2 is 2.09 bits per heavy atom. The second kappa shape index (κ2) is 3.83. The first kappa shape index (κ1) is 8.68. The number of nitrogens with two attached hydrogens (primary N) is 1. The molecule has 1 aromatic rings. The van der Waals surface area contributed by atoms with E-state index in [-0.39, 0.29) is 0 Å². The van der Waals surface area contributed by atoms with Gasteiger partial charge in [0.25, 0.3) is 0 Å². The fraction of sp³-hybridized carbons (Fsp3) is 0.125. The van der Waals surface area contributed by atoms with Gasteiger partial charge in [0.15, 0.2) is 0 Å². The van der Waals surface area contributed by atoms with E-state index in [9.17, 15) is 0 Å². The Morgan fingerprint density at radius 1 is 1.45 bits per heavy atom. The van der Waals surface area contributed by atoms with Crippen LogP contribution in [0.4, 0.5) is 0 Å². The molecular formula is C8H8BrNS. The molecule has 0 aliphatic carbocycles. The van der Waals surface area contributed by atoms with E-state index in [0.29, 0.717) is 4.99 Å². The van der Waals surface area contributed by atoms with Crippen LogP contribution in [-0.2, 0) is 5.33 Å². The zero-order chi connectivity index (χ0) is 8.27. The van der Waals surface area contributed by atoms with Crippen molar-refractivity contribution < 1.29 is 0 Å². The highest BCUT2D eigenvalue weighted by Crippen LogP contribution is 2.11. The van der Waals surface area contributed by atoms with Crippen molar-refractivity contribution in [2.24, 2.45) is 5.73 Å². The SMILES string of the molecule is NC(=S)c1ccccc1CBr. The van der Waals surface area contributed by atoms with Gasteiger partial charge in [-0.1, -0.05) is 52.4 Å².